The van der Waals surface area contributed by atoms with Crippen molar-refractivity contribution < 1.29 is 13.2 Å². The van der Waals surface area contributed by atoms with Crippen molar-refractivity contribution in [2.24, 2.45) is 0 Å². The predicted molar refractivity (Wildman–Crippen MR) is 86.0 cm³/mol. The number of piperidine rings is 1. The number of carbonyl (C=O) groups is 1. The van der Waals surface area contributed by atoms with Crippen molar-refractivity contribution in [1.29, 1.82) is 0 Å². The summed E-state index contributed by atoms with van der Waals surface area (Å²) in [5.74, 6) is 0.169. The largest absolute Gasteiger partial charge is 0.343 e. The molecule has 1 aromatic carbocycles. The van der Waals surface area contributed by atoms with Crippen LogP contribution in [0.5, 0.6) is 0 Å². The summed E-state index contributed by atoms with van der Waals surface area (Å²) in [5, 5.41) is 0. The van der Waals surface area contributed by atoms with Gasteiger partial charge in [0.25, 0.3) is 0 Å². The molecule has 0 unspecified atom stereocenters. The quantitative estimate of drug-likeness (QED) is 0.901. The summed E-state index contributed by atoms with van der Waals surface area (Å²) < 4.78 is 27.7. The Hall–Kier alpha value is -1.40. The minimum atomic E-state index is -3.49. The van der Waals surface area contributed by atoms with E-state index in [0.717, 1.165) is 12.0 Å². The average Bonchev–Trinajstić information content (AvgIpc) is 2.48. The van der Waals surface area contributed by atoms with Crippen molar-refractivity contribution in [3.05, 3.63) is 29.8 Å². The number of carbonyl (C=O) groups excluding carboxylic acids is 1. The van der Waals surface area contributed by atoms with Gasteiger partial charge in [-0.2, -0.15) is 0 Å². The van der Waals surface area contributed by atoms with Gasteiger partial charge in [-0.05, 0) is 37.8 Å². The zero-order valence-electron chi connectivity index (χ0n) is 13.2. The lowest BCUT2D eigenvalue weighted by Crippen LogP contribution is -2.46. The fourth-order valence-electron chi connectivity index (χ4n) is 2.76. The van der Waals surface area contributed by atoms with Crippen molar-refractivity contribution >= 4 is 15.9 Å². The highest BCUT2D eigenvalue weighted by atomic mass is 32.2. The molecule has 122 valence electrons. The van der Waals surface area contributed by atoms with E-state index in [1.165, 1.54) is 0 Å². The minimum Gasteiger partial charge on any atom is -0.343 e. The summed E-state index contributed by atoms with van der Waals surface area (Å²) in [6.07, 6.45) is 2.75. The molecule has 1 amide bonds. The molecule has 1 N–H and O–H groups in total. The molecular formula is C16H24N2O3S. The lowest BCUT2D eigenvalue weighted by molar-refractivity contribution is -0.132. The number of hydrogen-bond donors (Lipinski definition) is 1. The standard InChI is InChI=1S/C16H24N2O3S/c1-3-6-16(19)18-11-9-14(10-12-18)17-22(20,21)15-8-5-4-7-13(15)2/h4-5,7-8,14,17H,3,6,9-12H2,1-2H3. The number of benzene rings is 1. The van der Waals surface area contributed by atoms with Crippen LogP contribution in [0.2, 0.25) is 0 Å². The van der Waals surface area contributed by atoms with Crippen LogP contribution in [-0.4, -0.2) is 38.4 Å². The van der Waals surface area contributed by atoms with Gasteiger partial charge < -0.3 is 4.90 Å². The normalized spacial score (nSPS) is 16.7. The lowest BCUT2D eigenvalue weighted by atomic mass is 10.1. The van der Waals surface area contributed by atoms with E-state index in [1.54, 1.807) is 25.1 Å². The number of hydrogen-bond acceptors (Lipinski definition) is 3. The van der Waals surface area contributed by atoms with Crippen molar-refractivity contribution in [2.75, 3.05) is 13.1 Å². The van der Waals surface area contributed by atoms with E-state index >= 15 is 0 Å². The van der Waals surface area contributed by atoms with Gasteiger partial charge in [-0.25, -0.2) is 13.1 Å². The van der Waals surface area contributed by atoms with E-state index < -0.39 is 10.0 Å². The second-order valence-corrected chi connectivity index (χ2v) is 7.47. The summed E-state index contributed by atoms with van der Waals surface area (Å²) in [6.45, 7) is 5.03. The molecule has 0 radical (unpaired) electrons. The first kappa shape index (κ1) is 17.0. The molecule has 0 bridgehead atoms. The van der Waals surface area contributed by atoms with Gasteiger partial charge in [0.15, 0.2) is 0 Å². The average molecular weight is 324 g/mol. The van der Waals surface area contributed by atoms with E-state index in [0.29, 0.717) is 37.2 Å². The molecule has 5 nitrogen and oxygen atoms in total. The Morgan fingerprint density at radius 3 is 2.50 bits per heavy atom. The highest BCUT2D eigenvalue weighted by molar-refractivity contribution is 7.89. The van der Waals surface area contributed by atoms with Gasteiger partial charge in [0.05, 0.1) is 4.90 Å². The van der Waals surface area contributed by atoms with Crippen molar-refractivity contribution in [1.82, 2.24) is 9.62 Å². The molecule has 0 aliphatic carbocycles. The zero-order valence-corrected chi connectivity index (χ0v) is 14.0. The molecule has 1 saturated heterocycles. The lowest BCUT2D eigenvalue weighted by Gasteiger charge is -2.32. The van der Waals surface area contributed by atoms with E-state index in [9.17, 15) is 13.2 Å². The Kier molecular flexibility index (Phi) is 5.58. The van der Waals surface area contributed by atoms with Crippen LogP contribution < -0.4 is 4.72 Å². The highest BCUT2D eigenvalue weighted by Crippen LogP contribution is 2.18. The third kappa shape index (κ3) is 4.08. The second-order valence-electron chi connectivity index (χ2n) is 5.79. The third-order valence-corrected chi connectivity index (χ3v) is 5.70. The summed E-state index contributed by atoms with van der Waals surface area (Å²) in [4.78, 5) is 14.0. The Morgan fingerprint density at radius 1 is 1.27 bits per heavy atom. The molecule has 1 aliphatic rings. The second kappa shape index (κ2) is 7.24. The third-order valence-electron chi connectivity index (χ3n) is 4.02. The fraction of sp³-hybridized carbons (Fsp3) is 0.562. The maximum atomic E-state index is 12.4. The van der Waals surface area contributed by atoms with E-state index in [2.05, 4.69) is 4.72 Å². The molecule has 1 aliphatic heterocycles. The fourth-order valence-corrected chi connectivity index (χ4v) is 4.31. The Balaban J connectivity index is 1.96. The van der Waals surface area contributed by atoms with Gasteiger partial charge in [0.1, 0.15) is 0 Å². The maximum Gasteiger partial charge on any atom is 0.241 e. The number of amides is 1. The van der Waals surface area contributed by atoms with Gasteiger partial charge in [0, 0.05) is 25.6 Å². The first-order valence-electron chi connectivity index (χ1n) is 7.79. The molecule has 1 heterocycles. The number of rotatable bonds is 5. The maximum absolute atomic E-state index is 12.4. The summed E-state index contributed by atoms with van der Waals surface area (Å²) in [6, 6.07) is 6.87. The zero-order chi connectivity index (χ0) is 16.2. The van der Waals surface area contributed by atoms with Gasteiger partial charge in [-0.1, -0.05) is 25.1 Å². The summed E-state index contributed by atoms with van der Waals surface area (Å²) in [7, 11) is -3.49. The molecule has 2 rings (SSSR count). The molecule has 0 aromatic heterocycles. The number of nitrogens with one attached hydrogen (secondary N) is 1. The molecule has 0 spiro atoms. The van der Waals surface area contributed by atoms with Crippen LogP contribution in [0.4, 0.5) is 0 Å². The van der Waals surface area contributed by atoms with Gasteiger partial charge in [0.2, 0.25) is 15.9 Å². The van der Waals surface area contributed by atoms with Crippen LogP contribution in [0, 0.1) is 6.92 Å². The van der Waals surface area contributed by atoms with Gasteiger partial charge in [-0.15, -0.1) is 0 Å². The van der Waals surface area contributed by atoms with E-state index in [4.69, 9.17) is 0 Å². The molecule has 0 saturated carbocycles. The molecule has 0 atom stereocenters. The van der Waals surface area contributed by atoms with E-state index in [1.807, 2.05) is 17.9 Å². The van der Waals surface area contributed by atoms with Crippen LogP contribution in [0.15, 0.2) is 29.2 Å². The summed E-state index contributed by atoms with van der Waals surface area (Å²) in [5.41, 5.74) is 0.741. The highest BCUT2D eigenvalue weighted by Gasteiger charge is 2.26. The van der Waals surface area contributed by atoms with Crippen LogP contribution in [-0.2, 0) is 14.8 Å². The smallest absolute Gasteiger partial charge is 0.241 e. The molecule has 6 heteroatoms. The number of sulfonamides is 1. The van der Waals surface area contributed by atoms with Crippen LogP contribution >= 0.6 is 0 Å². The first-order chi connectivity index (χ1) is 10.4. The van der Waals surface area contributed by atoms with Crippen LogP contribution in [0.1, 0.15) is 38.2 Å². The van der Waals surface area contributed by atoms with Gasteiger partial charge >= 0.3 is 0 Å². The Labute approximate surface area is 132 Å². The summed E-state index contributed by atoms with van der Waals surface area (Å²) >= 11 is 0. The molecule has 22 heavy (non-hydrogen) atoms. The first-order valence-corrected chi connectivity index (χ1v) is 9.28. The van der Waals surface area contributed by atoms with Crippen molar-refractivity contribution in [3.63, 3.8) is 0 Å². The Morgan fingerprint density at radius 2 is 1.91 bits per heavy atom. The molecular weight excluding hydrogens is 300 g/mol. The minimum absolute atomic E-state index is 0.102. The molecule has 1 fully saturated rings. The van der Waals surface area contributed by atoms with E-state index in [-0.39, 0.29) is 11.9 Å². The number of likely N-dealkylation sites (tertiary alicyclic amines) is 1. The number of nitrogens with zero attached hydrogens (tertiary/aromatic N) is 1. The van der Waals surface area contributed by atoms with Crippen molar-refractivity contribution in [2.45, 2.75) is 50.5 Å². The Bertz CT molecular complexity index is 620. The molecule has 1 aromatic rings. The number of aryl methyl sites for hydroxylation is 1. The topological polar surface area (TPSA) is 66.5 Å². The van der Waals surface area contributed by atoms with Crippen molar-refractivity contribution in [3.8, 4) is 0 Å². The predicted octanol–water partition coefficient (Wildman–Crippen LogP) is 2.06. The van der Waals surface area contributed by atoms with Gasteiger partial charge in [-0.3, -0.25) is 4.79 Å². The van der Waals surface area contributed by atoms with Crippen LogP contribution in [0.25, 0.3) is 0 Å². The van der Waals surface area contributed by atoms with Crippen LogP contribution in [0.3, 0.4) is 0 Å². The SMILES string of the molecule is CCCC(=O)N1CCC(NS(=O)(=O)c2ccccc2C)CC1. The monoisotopic (exact) mass is 324 g/mol.